The Morgan fingerprint density at radius 3 is 2.71 bits per heavy atom. The molecule has 0 aliphatic heterocycles. The number of rotatable bonds is 4. The Labute approximate surface area is 104 Å². The third-order valence-corrected chi connectivity index (χ3v) is 4.02. The summed E-state index contributed by atoms with van der Waals surface area (Å²) in [4.78, 5) is 0. The zero-order valence-corrected chi connectivity index (χ0v) is 10.7. The summed E-state index contributed by atoms with van der Waals surface area (Å²) < 4.78 is 0. The van der Waals surface area contributed by atoms with Crippen LogP contribution < -0.4 is 0 Å². The molecule has 0 bridgehead atoms. The topological polar surface area (TPSA) is 23.8 Å². The van der Waals surface area contributed by atoms with E-state index in [1.54, 1.807) is 0 Å². The molecule has 1 nitrogen and oxygen atoms in total. The molecule has 1 aliphatic carbocycles. The van der Waals surface area contributed by atoms with Gasteiger partial charge in [0.25, 0.3) is 0 Å². The van der Waals surface area contributed by atoms with Crippen molar-refractivity contribution in [1.29, 1.82) is 5.26 Å². The van der Waals surface area contributed by atoms with Gasteiger partial charge in [-0.25, -0.2) is 0 Å². The van der Waals surface area contributed by atoms with Crippen LogP contribution in [0.4, 0.5) is 0 Å². The predicted octanol–water partition coefficient (Wildman–Crippen LogP) is 4.27. The van der Waals surface area contributed by atoms with Crippen LogP contribution in [0.25, 0.3) is 0 Å². The van der Waals surface area contributed by atoms with E-state index in [4.69, 9.17) is 0 Å². The van der Waals surface area contributed by atoms with Gasteiger partial charge >= 0.3 is 0 Å². The molecule has 2 rings (SSSR count). The summed E-state index contributed by atoms with van der Waals surface area (Å²) in [6.45, 7) is 2.22. The number of hydrogen-bond acceptors (Lipinski definition) is 1. The summed E-state index contributed by atoms with van der Waals surface area (Å²) in [6, 6.07) is 11.2. The van der Waals surface area contributed by atoms with E-state index in [-0.39, 0.29) is 5.41 Å². The molecule has 0 heterocycles. The summed E-state index contributed by atoms with van der Waals surface area (Å²) in [5.74, 6) is 0. The van der Waals surface area contributed by atoms with Crippen LogP contribution in [0.2, 0.25) is 0 Å². The third-order valence-electron chi connectivity index (χ3n) is 4.02. The van der Waals surface area contributed by atoms with Gasteiger partial charge in [-0.2, -0.15) is 5.26 Å². The Hall–Kier alpha value is -1.29. The summed E-state index contributed by atoms with van der Waals surface area (Å²) >= 11 is 0. The summed E-state index contributed by atoms with van der Waals surface area (Å²) in [5, 5.41) is 9.52. The zero-order valence-electron chi connectivity index (χ0n) is 10.7. The third kappa shape index (κ3) is 2.69. The van der Waals surface area contributed by atoms with E-state index in [9.17, 15) is 5.26 Å². The molecule has 0 aromatic heterocycles. The van der Waals surface area contributed by atoms with Gasteiger partial charge in [-0.1, -0.05) is 50.5 Å². The van der Waals surface area contributed by atoms with Crippen molar-refractivity contribution in [3.05, 3.63) is 35.4 Å². The quantitative estimate of drug-likeness (QED) is 0.705. The lowest BCUT2D eigenvalue weighted by molar-refractivity contribution is 0.304. The lowest BCUT2D eigenvalue weighted by atomic mass is 9.70. The Morgan fingerprint density at radius 2 is 2.00 bits per heavy atom. The van der Waals surface area contributed by atoms with Gasteiger partial charge < -0.3 is 0 Å². The minimum atomic E-state index is -0.0798. The summed E-state index contributed by atoms with van der Waals surface area (Å²) in [5.41, 5.74) is 2.77. The first-order chi connectivity index (χ1) is 8.29. The van der Waals surface area contributed by atoms with Crippen molar-refractivity contribution >= 4 is 0 Å². The average Bonchev–Trinajstić information content (AvgIpc) is 2.39. The number of nitriles is 1. The second-order valence-corrected chi connectivity index (χ2v) is 5.29. The number of fused-ring (bicyclic) bond motifs is 1. The van der Waals surface area contributed by atoms with E-state index in [0.29, 0.717) is 0 Å². The molecule has 0 saturated carbocycles. The highest BCUT2D eigenvalue weighted by molar-refractivity contribution is 5.32. The van der Waals surface area contributed by atoms with Crippen molar-refractivity contribution in [1.82, 2.24) is 0 Å². The van der Waals surface area contributed by atoms with E-state index in [2.05, 4.69) is 37.3 Å². The average molecular weight is 227 g/mol. The van der Waals surface area contributed by atoms with Crippen molar-refractivity contribution in [3.8, 4) is 6.07 Å². The van der Waals surface area contributed by atoms with Crippen LogP contribution in [0, 0.1) is 16.7 Å². The molecule has 1 aliphatic rings. The highest BCUT2D eigenvalue weighted by Crippen LogP contribution is 2.39. The Bertz CT molecular complexity index is 416. The largest absolute Gasteiger partial charge is 0.198 e. The van der Waals surface area contributed by atoms with Crippen LogP contribution in [0.15, 0.2) is 24.3 Å². The number of nitrogens with zero attached hydrogens (tertiary/aromatic N) is 1. The molecule has 1 aromatic rings. The first-order valence-corrected chi connectivity index (χ1v) is 6.78. The summed E-state index contributed by atoms with van der Waals surface area (Å²) in [6.07, 6.45) is 7.85. The van der Waals surface area contributed by atoms with Crippen LogP contribution in [-0.2, 0) is 12.8 Å². The first-order valence-electron chi connectivity index (χ1n) is 6.78. The van der Waals surface area contributed by atoms with Gasteiger partial charge in [-0.3, -0.25) is 0 Å². The smallest absolute Gasteiger partial charge is 0.0693 e. The molecule has 1 unspecified atom stereocenters. The van der Waals surface area contributed by atoms with Gasteiger partial charge in [0.2, 0.25) is 0 Å². The van der Waals surface area contributed by atoms with Crippen molar-refractivity contribution in [2.75, 3.05) is 0 Å². The number of benzene rings is 1. The van der Waals surface area contributed by atoms with E-state index in [1.165, 1.54) is 30.4 Å². The van der Waals surface area contributed by atoms with Crippen LogP contribution >= 0.6 is 0 Å². The maximum atomic E-state index is 9.52. The fraction of sp³-hybridized carbons (Fsp3) is 0.562. The predicted molar refractivity (Wildman–Crippen MR) is 70.7 cm³/mol. The lowest BCUT2D eigenvalue weighted by Crippen LogP contribution is -2.27. The maximum absolute atomic E-state index is 9.52. The monoisotopic (exact) mass is 227 g/mol. The number of unbranched alkanes of at least 4 members (excludes halogenated alkanes) is 2. The fourth-order valence-electron chi connectivity index (χ4n) is 2.88. The summed E-state index contributed by atoms with van der Waals surface area (Å²) in [7, 11) is 0. The molecule has 0 spiro atoms. The maximum Gasteiger partial charge on any atom is 0.0693 e. The number of aryl methyl sites for hydroxylation is 1. The molecular formula is C16H21N. The highest BCUT2D eigenvalue weighted by Gasteiger charge is 2.33. The molecular weight excluding hydrogens is 206 g/mol. The molecule has 0 fully saturated rings. The van der Waals surface area contributed by atoms with Gasteiger partial charge in [-0.05, 0) is 36.8 Å². The van der Waals surface area contributed by atoms with Gasteiger partial charge in [0.1, 0.15) is 0 Å². The number of hydrogen-bond donors (Lipinski definition) is 0. The minimum Gasteiger partial charge on any atom is -0.198 e. The van der Waals surface area contributed by atoms with E-state index < -0.39 is 0 Å². The molecule has 1 atom stereocenters. The van der Waals surface area contributed by atoms with Crippen molar-refractivity contribution in [3.63, 3.8) is 0 Å². The van der Waals surface area contributed by atoms with Crippen LogP contribution in [0.3, 0.4) is 0 Å². The van der Waals surface area contributed by atoms with Crippen LogP contribution in [0.5, 0.6) is 0 Å². The van der Waals surface area contributed by atoms with Gasteiger partial charge in [0.15, 0.2) is 0 Å². The Morgan fingerprint density at radius 1 is 1.24 bits per heavy atom. The molecule has 1 heteroatoms. The van der Waals surface area contributed by atoms with Gasteiger partial charge in [0, 0.05) is 0 Å². The van der Waals surface area contributed by atoms with E-state index >= 15 is 0 Å². The second kappa shape index (κ2) is 5.36. The Kier molecular flexibility index (Phi) is 3.84. The molecule has 0 radical (unpaired) electrons. The zero-order chi connectivity index (χ0) is 12.1. The van der Waals surface area contributed by atoms with Crippen molar-refractivity contribution in [2.45, 2.75) is 51.9 Å². The first kappa shape index (κ1) is 12.2. The van der Waals surface area contributed by atoms with Crippen LogP contribution in [-0.4, -0.2) is 0 Å². The molecule has 0 N–H and O–H groups in total. The minimum absolute atomic E-state index is 0.0798. The molecule has 1 aromatic carbocycles. The standard InChI is InChI=1S/C16H21N/c1-2-3-6-10-16(13-17)11-9-14-7-4-5-8-15(14)12-16/h4-5,7-8H,2-3,6,9-12H2,1H3. The van der Waals surface area contributed by atoms with Gasteiger partial charge in [0.05, 0.1) is 11.5 Å². The molecule has 17 heavy (non-hydrogen) atoms. The van der Waals surface area contributed by atoms with Crippen molar-refractivity contribution in [2.24, 2.45) is 5.41 Å². The van der Waals surface area contributed by atoms with Gasteiger partial charge in [-0.15, -0.1) is 0 Å². The fourth-order valence-corrected chi connectivity index (χ4v) is 2.88. The van der Waals surface area contributed by atoms with Crippen molar-refractivity contribution < 1.29 is 0 Å². The second-order valence-electron chi connectivity index (χ2n) is 5.29. The molecule has 90 valence electrons. The normalized spacial score (nSPS) is 22.8. The van der Waals surface area contributed by atoms with E-state index in [0.717, 1.165) is 25.7 Å². The SMILES string of the molecule is CCCCCC1(C#N)CCc2ccccc2C1. The highest BCUT2D eigenvalue weighted by atomic mass is 14.4. The Balaban J connectivity index is 2.10. The van der Waals surface area contributed by atoms with Crippen LogP contribution in [0.1, 0.15) is 50.2 Å². The lowest BCUT2D eigenvalue weighted by Gasteiger charge is -2.32. The molecule has 0 saturated heterocycles. The van der Waals surface area contributed by atoms with E-state index in [1.807, 2.05) is 0 Å². The molecule has 0 amide bonds.